The smallest absolute Gasteiger partial charge is 0.0792 e. The molecule has 6 rings (SSSR count). The number of aryl methyl sites for hydroxylation is 2. The summed E-state index contributed by atoms with van der Waals surface area (Å²) in [5, 5.41) is 0.736. The molecule has 0 unspecified atom stereocenters. The number of nitrogens with zero attached hydrogens (tertiary/aromatic N) is 1. The molecule has 1 N–H and O–H groups in total. The minimum absolute atomic E-state index is 0.396. The van der Waals surface area contributed by atoms with Crippen LogP contribution in [0.5, 0.6) is 0 Å². The number of halogens is 1. The predicted octanol–water partition coefficient (Wildman–Crippen LogP) is 9.03. The highest BCUT2D eigenvalue weighted by atomic mass is 35.5. The van der Waals surface area contributed by atoms with Crippen molar-refractivity contribution in [3.63, 3.8) is 0 Å². The van der Waals surface area contributed by atoms with E-state index in [1.54, 1.807) is 0 Å². The molecule has 1 aromatic heterocycles. The SMILES string of the molecule is CC(C)c1ccc(C2=N/C(=C\c3cc4c([nH]3)-c3ccccc3CC4)c3ccc(Cl)cc32)c(C(C)C)c1. The standard InChI is InChI=1S/C33H31ClN2/c1-19(2)22-11-13-28(29(16-22)20(3)4)33-30-17-24(34)12-14-27(30)31(36-33)18-25-15-23-10-9-21-7-5-6-8-26(21)32(23)35-25/h5-8,11-20,35H,9-10H2,1-4H3/b31-18-. The second-order valence-electron chi connectivity index (χ2n) is 10.6. The van der Waals surface area contributed by atoms with Gasteiger partial charge >= 0.3 is 0 Å². The van der Waals surface area contributed by atoms with E-state index in [4.69, 9.17) is 16.6 Å². The van der Waals surface area contributed by atoms with E-state index < -0.39 is 0 Å². The Labute approximate surface area is 218 Å². The highest BCUT2D eigenvalue weighted by molar-refractivity contribution is 6.32. The topological polar surface area (TPSA) is 28.1 Å². The molecule has 0 saturated carbocycles. The molecule has 3 heteroatoms. The number of nitrogens with one attached hydrogen (secondary N) is 1. The maximum absolute atomic E-state index is 6.49. The average molecular weight is 491 g/mol. The lowest BCUT2D eigenvalue weighted by Gasteiger charge is -2.17. The summed E-state index contributed by atoms with van der Waals surface area (Å²) in [5.41, 5.74) is 14.6. The Bertz CT molecular complexity index is 1550. The van der Waals surface area contributed by atoms with Crippen molar-refractivity contribution in [2.45, 2.75) is 52.4 Å². The average Bonchev–Trinajstić information content (AvgIpc) is 3.44. The lowest BCUT2D eigenvalue weighted by Crippen LogP contribution is -2.07. The molecule has 1 aliphatic carbocycles. The normalized spacial score (nSPS) is 15.3. The third-order valence-electron chi connectivity index (χ3n) is 7.53. The molecule has 0 bridgehead atoms. The predicted molar refractivity (Wildman–Crippen MR) is 153 cm³/mol. The van der Waals surface area contributed by atoms with Gasteiger partial charge in [-0.3, -0.25) is 0 Å². The van der Waals surface area contributed by atoms with Gasteiger partial charge in [-0.1, -0.05) is 87.8 Å². The van der Waals surface area contributed by atoms with Crippen molar-refractivity contribution in [3.05, 3.63) is 116 Å². The molecule has 36 heavy (non-hydrogen) atoms. The van der Waals surface area contributed by atoms with Crippen LogP contribution in [0.15, 0.2) is 71.7 Å². The van der Waals surface area contributed by atoms with E-state index >= 15 is 0 Å². The van der Waals surface area contributed by atoms with Crippen molar-refractivity contribution in [2.75, 3.05) is 0 Å². The van der Waals surface area contributed by atoms with Crippen molar-refractivity contribution in [1.29, 1.82) is 0 Å². The summed E-state index contributed by atoms with van der Waals surface area (Å²) in [5.74, 6) is 0.885. The van der Waals surface area contributed by atoms with Gasteiger partial charge in [0.2, 0.25) is 0 Å². The molecule has 2 heterocycles. The van der Waals surface area contributed by atoms with Gasteiger partial charge in [0.05, 0.1) is 11.4 Å². The van der Waals surface area contributed by atoms with Crippen molar-refractivity contribution in [1.82, 2.24) is 4.98 Å². The zero-order valence-electron chi connectivity index (χ0n) is 21.3. The third-order valence-corrected chi connectivity index (χ3v) is 7.76. The molecular formula is C33H31ClN2. The molecule has 0 spiro atoms. The maximum atomic E-state index is 6.49. The van der Waals surface area contributed by atoms with E-state index in [0.29, 0.717) is 11.8 Å². The first-order valence-electron chi connectivity index (χ1n) is 12.9. The van der Waals surface area contributed by atoms with Crippen LogP contribution >= 0.6 is 11.6 Å². The Kier molecular flexibility index (Phi) is 5.73. The number of H-pyrrole nitrogens is 1. The van der Waals surface area contributed by atoms with Gasteiger partial charge in [0.15, 0.2) is 0 Å². The number of aromatic amines is 1. The summed E-state index contributed by atoms with van der Waals surface area (Å²) in [6.07, 6.45) is 4.34. The lowest BCUT2D eigenvalue weighted by atomic mass is 9.87. The molecule has 180 valence electrons. The minimum atomic E-state index is 0.396. The quantitative estimate of drug-likeness (QED) is 0.295. The van der Waals surface area contributed by atoms with Gasteiger partial charge in [0, 0.05) is 38.7 Å². The molecule has 0 amide bonds. The van der Waals surface area contributed by atoms with Gasteiger partial charge in [-0.25, -0.2) is 4.99 Å². The highest BCUT2D eigenvalue weighted by Crippen LogP contribution is 2.38. The number of aromatic nitrogens is 1. The number of hydrogen-bond donors (Lipinski definition) is 1. The van der Waals surface area contributed by atoms with Crippen LogP contribution in [0.4, 0.5) is 0 Å². The van der Waals surface area contributed by atoms with Crippen LogP contribution in [0, 0.1) is 0 Å². The fourth-order valence-corrected chi connectivity index (χ4v) is 5.73. The van der Waals surface area contributed by atoms with Crippen LogP contribution in [0.1, 0.15) is 84.2 Å². The lowest BCUT2D eigenvalue weighted by molar-refractivity contribution is 0.832. The van der Waals surface area contributed by atoms with E-state index in [2.05, 4.69) is 99.4 Å². The Balaban J connectivity index is 1.48. The van der Waals surface area contributed by atoms with Crippen molar-refractivity contribution in [2.24, 2.45) is 4.99 Å². The van der Waals surface area contributed by atoms with Crippen LogP contribution in [-0.4, -0.2) is 10.7 Å². The number of aliphatic imine (C=N–C) groups is 1. The van der Waals surface area contributed by atoms with Gasteiger partial charge < -0.3 is 4.98 Å². The first-order chi connectivity index (χ1) is 17.4. The largest absolute Gasteiger partial charge is 0.355 e. The molecule has 2 aliphatic rings. The molecule has 0 saturated heterocycles. The fraction of sp³-hybridized carbons (Fsp3) is 0.242. The Morgan fingerprint density at radius 3 is 2.36 bits per heavy atom. The molecule has 4 aromatic rings. The molecule has 0 atom stereocenters. The first-order valence-corrected chi connectivity index (χ1v) is 13.3. The molecule has 1 aliphatic heterocycles. The number of hydrogen-bond acceptors (Lipinski definition) is 1. The maximum Gasteiger partial charge on any atom is 0.0792 e. The van der Waals surface area contributed by atoms with Crippen LogP contribution in [0.25, 0.3) is 23.0 Å². The third kappa shape index (κ3) is 3.94. The van der Waals surface area contributed by atoms with E-state index in [1.165, 1.54) is 39.1 Å². The second-order valence-corrected chi connectivity index (χ2v) is 11.1. The molecule has 2 nitrogen and oxygen atoms in total. The van der Waals surface area contributed by atoms with Crippen LogP contribution in [-0.2, 0) is 12.8 Å². The van der Waals surface area contributed by atoms with E-state index in [9.17, 15) is 0 Å². The van der Waals surface area contributed by atoms with E-state index in [-0.39, 0.29) is 0 Å². The molecule has 0 radical (unpaired) electrons. The van der Waals surface area contributed by atoms with Gasteiger partial charge in [0.25, 0.3) is 0 Å². The van der Waals surface area contributed by atoms with E-state index in [1.807, 2.05) is 6.07 Å². The molecular weight excluding hydrogens is 460 g/mol. The summed E-state index contributed by atoms with van der Waals surface area (Å²) in [4.78, 5) is 8.92. The Morgan fingerprint density at radius 2 is 1.56 bits per heavy atom. The van der Waals surface area contributed by atoms with Crippen molar-refractivity contribution < 1.29 is 0 Å². The first kappa shape index (κ1) is 23.1. The zero-order chi connectivity index (χ0) is 25.0. The Hall–Kier alpha value is -3.36. The summed E-state index contributed by atoms with van der Waals surface area (Å²) in [7, 11) is 0. The summed E-state index contributed by atoms with van der Waals surface area (Å²) in [6.45, 7) is 9.01. The Morgan fingerprint density at radius 1 is 0.778 bits per heavy atom. The minimum Gasteiger partial charge on any atom is -0.355 e. The van der Waals surface area contributed by atoms with Crippen LogP contribution in [0.2, 0.25) is 5.02 Å². The molecule has 0 fully saturated rings. The monoisotopic (exact) mass is 490 g/mol. The van der Waals surface area contributed by atoms with E-state index in [0.717, 1.165) is 46.1 Å². The van der Waals surface area contributed by atoms with Gasteiger partial charge in [-0.05, 0) is 71.2 Å². The zero-order valence-corrected chi connectivity index (χ0v) is 22.1. The number of fused-ring (bicyclic) bond motifs is 4. The van der Waals surface area contributed by atoms with Crippen molar-refractivity contribution >= 4 is 29.1 Å². The van der Waals surface area contributed by atoms with Gasteiger partial charge in [-0.15, -0.1) is 0 Å². The van der Waals surface area contributed by atoms with Crippen molar-refractivity contribution in [3.8, 4) is 11.3 Å². The van der Waals surface area contributed by atoms with Crippen LogP contribution < -0.4 is 0 Å². The summed E-state index contributed by atoms with van der Waals surface area (Å²) in [6, 6.07) is 24.0. The fourth-order valence-electron chi connectivity index (χ4n) is 5.56. The summed E-state index contributed by atoms with van der Waals surface area (Å²) < 4.78 is 0. The second kappa shape index (κ2) is 8.94. The summed E-state index contributed by atoms with van der Waals surface area (Å²) >= 11 is 6.49. The van der Waals surface area contributed by atoms with Gasteiger partial charge in [-0.2, -0.15) is 0 Å². The van der Waals surface area contributed by atoms with Crippen LogP contribution in [0.3, 0.4) is 0 Å². The number of benzene rings is 3. The van der Waals surface area contributed by atoms with Gasteiger partial charge in [0.1, 0.15) is 0 Å². The highest BCUT2D eigenvalue weighted by Gasteiger charge is 2.26. The number of rotatable bonds is 4. The molecule has 3 aromatic carbocycles.